The molecule has 30 heavy (non-hydrogen) atoms. The number of aryl methyl sites for hydroxylation is 1. The molecule has 7 heteroatoms. The Hall–Kier alpha value is -3.12. The van der Waals surface area contributed by atoms with Crippen molar-refractivity contribution in [2.45, 2.75) is 32.9 Å². The molecule has 0 radical (unpaired) electrons. The Labute approximate surface area is 178 Å². The lowest BCUT2D eigenvalue weighted by Gasteiger charge is -2.13. The molecule has 5 rings (SSSR count). The summed E-state index contributed by atoms with van der Waals surface area (Å²) in [6.45, 7) is 2.98. The van der Waals surface area contributed by atoms with Gasteiger partial charge >= 0.3 is 5.69 Å². The molecule has 0 bridgehead atoms. The Kier molecular flexibility index (Phi) is 4.59. The second-order valence-corrected chi connectivity index (χ2v) is 8.42. The Morgan fingerprint density at radius 3 is 2.57 bits per heavy atom. The van der Waals surface area contributed by atoms with E-state index in [1.54, 1.807) is 30.6 Å². The fourth-order valence-corrected chi connectivity index (χ4v) is 3.94. The smallest absolute Gasteiger partial charge is 0.320 e. The van der Waals surface area contributed by atoms with Gasteiger partial charge in [-0.25, -0.2) is 14.3 Å². The summed E-state index contributed by atoms with van der Waals surface area (Å²) in [5, 5.41) is 0.520. The molecule has 0 spiro atoms. The quantitative estimate of drug-likeness (QED) is 0.493. The zero-order chi connectivity index (χ0) is 20.8. The zero-order valence-electron chi connectivity index (χ0n) is 16.6. The molecule has 152 valence electrons. The van der Waals surface area contributed by atoms with Gasteiger partial charge in [0.2, 0.25) is 0 Å². The van der Waals surface area contributed by atoms with Crippen molar-refractivity contribution in [3.05, 3.63) is 91.8 Å². The predicted molar refractivity (Wildman–Crippen MR) is 118 cm³/mol. The SMILES string of the molecule is Cc1ccc(Cn2cnc3c2c(=O)n(CC2CC2)c(=O)n3-c2cccc(Cl)c2)cc1. The molecule has 2 heterocycles. The summed E-state index contributed by atoms with van der Waals surface area (Å²) in [6.07, 6.45) is 3.72. The minimum absolute atomic E-state index is 0.287. The van der Waals surface area contributed by atoms with Crippen molar-refractivity contribution in [3.63, 3.8) is 0 Å². The number of nitrogens with zero attached hydrogens (tertiary/aromatic N) is 4. The van der Waals surface area contributed by atoms with Crippen LogP contribution in [0.5, 0.6) is 0 Å². The summed E-state index contributed by atoms with van der Waals surface area (Å²) >= 11 is 6.18. The first-order valence-corrected chi connectivity index (χ1v) is 10.4. The zero-order valence-corrected chi connectivity index (χ0v) is 17.3. The summed E-state index contributed by atoms with van der Waals surface area (Å²) in [7, 11) is 0. The third-order valence-corrected chi connectivity index (χ3v) is 5.81. The number of halogens is 1. The van der Waals surface area contributed by atoms with Crippen LogP contribution in [0.1, 0.15) is 24.0 Å². The lowest BCUT2D eigenvalue weighted by Crippen LogP contribution is -2.40. The fraction of sp³-hybridized carbons (Fsp3) is 0.261. The topological polar surface area (TPSA) is 61.8 Å². The van der Waals surface area contributed by atoms with Gasteiger partial charge in [-0.2, -0.15) is 0 Å². The Morgan fingerprint density at radius 2 is 1.87 bits per heavy atom. The van der Waals surface area contributed by atoms with Crippen LogP contribution in [0.3, 0.4) is 0 Å². The summed E-state index contributed by atoms with van der Waals surface area (Å²) in [5.74, 6) is 0.383. The van der Waals surface area contributed by atoms with Crippen LogP contribution in [0.15, 0.2) is 64.4 Å². The van der Waals surface area contributed by atoms with E-state index in [1.807, 2.05) is 35.8 Å². The lowest BCUT2D eigenvalue weighted by atomic mass is 10.1. The molecule has 0 aliphatic heterocycles. The van der Waals surface area contributed by atoms with Crippen molar-refractivity contribution in [2.24, 2.45) is 5.92 Å². The van der Waals surface area contributed by atoms with Gasteiger partial charge in [0, 0.05) is 18.1 Å². The first kappa shape index (κ1) is 18.9. The van der Waals surface area contributed by atoms with Gasteiger partial charge in [0.05, 0.1) is 12.0 Å². The van der Waals surface area contributed by atoms with Crippen molar-refractivity contribution in [1.29, 1.82) is 0 Å². The van der Waals surface area contributed by atoms with Gasteiger partial charge in [-0.15, -0.1) is 0 Å². The molecule has 1 fully saturated rings. The molecular formula is C23H21ClN4O2. The Bertz CT molecular complexity index is 1360. The highest BCUT2D eigenvalue weighted by atomic mass is 35.5. The second kappa shape index (κ2) is 7.29. The number of rotatable bonds is 5. The van der Waals surface area contributed by atoms with Gasteiger partial charge in [0.15, 0.2) is 11.2 Å². The van der Waals surface area contributed by atoms with Gasteiger partial charge < -0.3 is 4.57 Å². The number of hydrogen-bond donors (Lipinski definition) is 0. The lowest BCUT2D eigenvalue weighted by molar-refractivity contribution is 0.567. The van der Waals surface area contributed by atoms with Crippen molar-refractivity contribution in [2.75, 3.05) is 0 Å². The third-order valence-electron chi connectivity index (χ3n) is 5.58. The molecular weight excluding hydrogens is 400 g/mol. The molecule has 1 saturated carbocycles. The van der Waals surface area contributed by atoms with Crippen LogP contribution in [-0.4, -0.2) is 18.7 Å². The van der Waals surface area contributed by atoms with Crippen molar-refractivity contribution >= 4 is 22.8 Å². The van der Waals surface area contributed by atoms with Crippen LogP contribution >= 0.6 is 11.6 Å². The normalized spacial score (nSPS) is 13.8. The van der Waals surface area contributed by atoms with E-state index in [0.717, 1.165) is 18.4 Å². The molecule has 2 aromatic heterocycles. The molecule has 4 aromatic rings. The third kappa shape index (κ3) is 3.37. The van der Waals surface area contributed by atoms with Crippen LogP contribution in [0.2, 0.25) is 5.02 Å². The van der Waals surface area contributed by atoms with E-state index in [0.29, 0.717) is 40.9 Å². The maximum Gasteiger partial charge on any atom is 0.337 e. The van der Waals surface area contributed by atoms with E-state index in [-0.39, 0.29) is 11.2 Å². The maximum atomic E-state index is 13.4. The standard InChI is InChI=1S/C23H21ClN4O2/c1-15-5-7-16(8-6-15)12-26-14-25-21-20(26)22(29)27(13-17-9-10-17)23(30)28(21)19-4-2-3-18(24)11-19/h2-8,11,14,17H,9-10,12-13H2,1H3. The van der Waals surface area contributed by atoms with E-state index >= 15 is 0 Å². The van der Waals surface area contributed by atoms with E-state index in [4.69, 9.17) is 11.6 Å². The maximum absolute atomic E-state index is 13.4. The van der Waals surface area contributed by atoms with Crippen molar-refractivity contribution in [3.8, 4) is 5.69 Å². The fourth-order valence-electron chi connectivity index (χ4n) is 3.76. The van der Waals surface area contributed by atoms with Crippen molar-refractivity contribution in [1.82, 2.24) is 18.7 Å². The minimum Gasteiger partial charge on any atom is -0.320 e. The monoisotopic (exact) mass is 420 g/mol. The molecule has 0 amide bonds. The Balaban J connectivity index is 1.74. The molecule has 0 saturated heterocycles. The average molecular weight is 421 g/mol. The molecule has 1 aliphatic rings. The summed E-state index contributed by atoms with van der Waals surface area (Å²) in [5.41, 5.74) is 2.96. The van der Waals surface area contributed by atoms with Crippen LogP contribution < -0.4 is 11.2 Å². The molecule has 0 N–H and O–H groups in total. The molecule has 0 atom stereocenters. The van der Waals surface area contributed by atoms with E-state index in [9.17, 15) is 9.59 Å². The van der Waals surface area contributed by atoms with Gasteiger partial charge in [0.25, 0.3) is 5.56 Å². The second-order valence-electron chi connectivity index (χ2n) is 7.99. The van der Waals surface area contributed by atoms with Gasteiger partial charge in [-0.3, -0.25) is 9.36 Å². The number of imidazole rings is 1. The highest BCUT2D eigenvalue weighted by molar-refractivity contribution is 6.30. The largest absolute Gasteiger partial charge is 0.337 e. The first-order valence-electron chi connectivity index (χ1n) is 10.0. The number of aromatic nitrogens is 4. The van der Waals surface area contributed by atoms with Crippen LogP contribution in [-0.2, 0) is 13.1 Å². The highest BCUT2D eigenvalue weighted by Crippen LogP contribution is 2.30. The number of hydrogen-bond acceptors (Lipinski definition) is 3. The van der Waals surface area contributed by atoms with Crippen LogP contribution in [0, 0.1) is 12.8 Å². The first-order chi connectivity index (χ1) is 14.5. The van der Waals surface area contributed by atoms with Crippen LogP contribution in [0.4, 0.5) is 0 Å². The van der Waals surface area contributed by atoms with Crippen molar-refractivity contribution < 1.29 is 0 Å². The van der Waals surface area contributed by atoms with Gasteiger partial charge in [0.1, 0.15) is 0 Å². The van der Waals surface area contributed by atoms with Crippen LogP contribution in [0.25, 0.3) is 16.9 Å². The number of benzene rings is 2. The predicted octanol–water partition coefficient (Wildman–Crippen LogP) is 3.77. The Morgan fingerprint density at radius 1 is 1.10 bits per heavy atom. The molecule has 1 aliphatic carbocycles. The molecule has 2 aromatic carbocycles. The summed E-state index contributed by atoms with van der Waals surface area (Å²) in [4.78, 5) is 31.1. The minimum atomic E-state index is -0.373. The molecule has 0 unspecified atom stereocenters. The van der Waals surface area contributed by atoms with E-state index in [1.165, 1.54) is 14.7 Å². The average Bonchev–Trinajstić information content (AvgIpc) is 3.46. The van der Waals surface area contributed by atoms with E-state index in [2.05, 4.69) is 4.98 Å². The highest BCUT2D eigenvalue weighted by Gasteiger charge is 2.26. The summed E-state index contributed by atoms with van der Waals surface area (Å²) < 4.78 is 4.68. The molecule has 6 nitrogen and oxygen atoms in total. The number of fused-ring (bicyclic) bond motifs is 1. The van der Waals surface area contributed by atoms with Gasteiger partial charge in [-0.05, 0) is 49.4 Å². The van der Waals surface area contributed by atoms with E-state index < -0.39 is 0 Å². The summed E-state index contributed by atoms with van der Waals surface area (Å²) in [6, 6.07) is 15.2. The van der Waals surface area contributed by atoms with Gasteiger partial charge in [-0.1, -0.05) is 47.5 Å².